The van der Waals surface area contributed by atoms with Gasteiger partial charge in [0.2, 0.25) is 0 Å². The molecule has 4 aromatic rings. The molecule has 1 fully saturated rings. The lowest BCUT2D eigenvalue weighted by Crippen LogP contribution is -2.25. The second-order valence-electron chi connectivity index (χ2n) is 8.22. The zero-order valence-corrected chi connectivity index (χ0v) is 19.0. The predicted octanol–water partition coefficient (Wildman–Crippen LogP) is 5.95. The van der Waals surface area contributed by atoms with E-state index in [1.165, 1.54) is 16.8 Å². The summed E-state index contributed by atoms with van der Waals surface area (Å²) in [6.45, 7) is 2.53. The maximum atomic E-state index is 14.5. The summed E-state index contributed by atoms with van der Waals surface area (Å²) in [6.07, 6.45) is 3.00. The first-order chi connectivity index (χ1) is 16.4. The molecular formula is C24H21ClF2N6O. The standard InChI is InChI=1S/C24H21ClF2N6O/c1-14-9-15(25)11-17(10-14)29-24(34)30-23-13-28-21-6-7-22(31-33(21)23)32-8-2-3-20(32)18-12-16(26)4-5-19(18)27/h4-7,9-13,20H,2-3,8H2,1H3,(H2,29,30,34)/t20-/m1/s1. The van der Waals surface area contributed by atoms with E-state index in [4.69, 9.17) is 11.6 Å². The molecule has 2 aromatic heterocycles. The summed E-state index contributed by atoms with van der Waals surface area (Å²) in [7, 11) is 0. The average Bonchev–Trinajstić information content (AvgIpc) is 3.42. The SMILES string of the molecule is Cc1cc(Cl)cc(NC(=O)Nc2cnc3ccc(N4CCC[C@@H]4c4cc(F)ccc4F)nn23)c1. The Morgan fingerprint density at radius 1 is 1.12 bits per heavy atom. The van der Waals surface area contributed by atoms with Gasteiger partial charge in [-0.15, -0.1) is 5.10 Å². The molecule has 0 aliphatic carbocycles. The van der Waals surface area contributed by atoms with Crippen molar-refractivity contribution in [2.24, 2.45) is 0 Å². The molecule has 0 bridgehead atoms. The number of aromatic nitrogens is 3. The Morgan fingerprint density at radius 3 is 2.79 bits per heavy atom. The quantitative estimate of drug-likeness (QED) is 0.376. The smallest absolute Gasteiger partial charge is 0.324 e. The molecule has 1 aliphatic rings. The molecule has 10 heteroatoms. The Bertz CT molecular complexity index is 1370. The first-order valence-corrected chi connectivity index (χ1v) is 11.2. The molecule has 2 amide bonds. The number of halogens is 3. The van der Waals surface area contributed by atoms with Gasteiger partial charge < -0.3 is 10.2 Å². The van der Waals surface area contributed by atoms with Gasteiger partial charge in [0.1, 0.15) is 17.5 Å². The number of nitrogens with one attached hydrogen (secondary N) is 2. The molecule has 0 radical (unpaired) electrons. The molecule has 7 nitrogen and oxygen atoms in total. The number of hydrogen-bond donors (Lipinski definition) is 2. The van der Waals surface area contributed by atoms with Crippen LogP contribution >= 0.6 is 11.6 Å². The van der Waals surface area contributed by atoms with Crippen LogP contribution in [0.25, 0.3) is 5.65 Å². The highest BCUT2D eigenvalue weighted by atomic mass is 35.5. The summed E-state index contributed by atoms with van der Waals surface area (Å²) in [5.74, 6) is 0.0114. The van der Waals surface area contributed by atoms with Gasteiger partial charge >= 0.3 is 6.03 Å². The van der Waals surface area contributed by atoms with Gasteiger partial charge in [-0.2, -0.15) is 4.52 Å². The van der Waals surface area contributed by atoms with Gasteiger partial charge in [0.25, 0.3) is 0 Å². The normalized spacial score (nSPS) is 15.6. The van der Waals surface area contributed by atoms with Gasteiger partial charge in [-0.3, -0.25) is 5.32 Å². The number of nitrogens with zero attached hydrogens (tertiary/aromatic N) is 4. The van der Waals surface area contributed by atoms with Crippen molar-refractivity contribution < 1.29 is 13.6 Å². The first-order valence-electron chi connectivity index (χ1n) is 10.8. The van der Waals surface area contributed by atoms with Crippen molar-refractivity contribution in [3.63, 3.8) is 0 Å². The van der Waals surface area contributed by atoms with Gasteiger partial charge in [0.05, 0.1) is 12.2 Å². The summed E-state index contributed by atoms with van der Waals surface area (Å²) in [4.78, 5) is 18.8. The first kappa shape index (κ1) is 22.1. The van der Waals surface area contributed by atoms with Gasteiger partial charge in [0, 0.05) is 22.8 Å². The van der Waals surface area contributed by atoms with Crippen molar-refractivity contribution >= 4 is 40.6 Å². The van der Waals surface area contributed by atoms with Gasteiger partial charge in [-0.05, 0) is 73.9 Å². The van der Waals surface area contributed by atoms with Crippen LogP contribution in [0, 0.1) is 18.6 Å². The van der Waals surface area contributed by atoms with E-state index in [1.807, 2.05) is 11.8 Å². The molecule has 2 aromatic carbocycles. The number of rotatable bonds is 4. The highest BCUT2D eigenvalue weighted by molar-refractivity contribution is 6.31. The summed E-state index contributed by atoms with van der Waals surface area (Å²) >= 11 is 6.06. The molecule has 0 spiro atoms. The van der Waals surface area contributed by atoms with Crippen molar-refractivity contribution in [3.8, 4) is 0 Å². The van der Waals surface area contributed by atoms with Crippen molar-refractivity contribution in [1.29, 1.82) is 0 Å². The number of fused-ring (bicyclic) bond motifs is 1. The van der Waals surface area contributed by atoms with Crippen LogP contribution in [0.5, 0.6) is 0 Å². The zero-order valence-electron chi connectivity index (χ0n) is 18.2. The zero-order chi connectivity index (χ0) is 23.8. The van der Waals surface area contributed by atoms with Gasteiger partial charge in [-0.1, -0.05) is 11.6 Å². The average molecular weight is 483 g/mol. The minimum absolute atomic E-state index is 0.305. The fourth-order valence-electron chi connectivity index (χ4n) is 4.32. The van der Waals surface area contributed by atoms with Crippen LogP contribution in [0.4, 0.5) is 30.9 Å². The number of imidazole rings is 1. The van der Waals surface area contributed by atoms with Crippen molar-refractivity contribution in [1.82, 2.24) is 14.6 Å². The largest absolute Gasteiger partial charge is 0.348 e. The summed E-state index contributed by atoms with van der Waals surface area (Å²) in [5, 5.41) is 10.6. The number of urea groups is 1. The van der Waals surface area contributed by atoms with E-state index in [0.717, 1.165) is 24.1 Å². The lowest BCUT2D eigenvalue weighted by atomic mass is 10.0. The Labute approximate surface area is 199 Å². The lowest BCUT2D eigenvalue weighted by Gasteiger charge is -2.26. The van der Waals surface area contributed by atoms with Crippen LogP contribution < -0.4 is 15.5 Å². The Balaban J connectivity index is 1.40. The van der Waals surface area contributed by atoms with Crippen LogP contribution in [-0.2, 0) is 0 Å². The third kappa shape index (κ3) is 4.38. The fraction of sp³-hybridized carbons (Fsp3) is 0.208. The summed E-state index contributed by atoms with van der Waals surface area (Å²) in [6, 6.07) is 11.5. The molecule has 0 unspecified atom stereocenters. The number of benzene rings is 2. The molecule has 174 valence electrons. The van der Waals surface area contributed by atoms with Gasteiger partial charge in [-0.25, -0.2) is 18.6 Å². The molecule has 3 heterocycles. The maximum absolute atomic E-state index is 14.5. The fourth-order valence-corrected chi connectivity index (χ4v) is 4.61. The van der Waals surface area contributed by atoms with E-state index in [0.29, 0.717) is 46.5 Å². The van der Waals surface area contributed by atoms with E-state index in [1.54, 1.807) is 30.3 Å². The number of hydrogen-bond acceptors (Lipinski definition) is 4. The topological polar surface area (TPSA) is 74.6 Å². The highest BCUT2D eigenvalue weighted by Gasteiger charge is 2.30. The Morgan fingerprint density at radius 2 is 1.97 bits per heavy atom. The third-order valence-corrected chi connectivity index (χ3v) is 5.97. The predicted molar refractivity (Wildman–Crippen MR) is 127 cm³/mol. The third-order valence-electron chi connectivity index (χ3n) is 5.75. The van der Waals surface area contributed by atoms with E-state index in [-0.39, 0.29) is 6.04 Å². The number of amides is 2. The highest BCUT2D eigenvalue weighted by Crippen LogP contribution is 2.36. The van der Waals surface area contributed by atoms with E-state index < -0.39 is 17.7 Å². The van der Waals surface area contributed by atoms with Crippen LogP contribution in [-0.4, -0.2) is 27.2 Å². The molecule has 34 heavy (non-hydrogen) atoms. The monoisotopic (exact) mass is 482 g/mol. The second-order valence-corrected chi connectivity index (χ2v) is 8.66. The number of anilines is 3. The van der Waals surface area contributed by atoms with Crippen LogP contribution in [0.15, 0.2) is 54.7 Å². The van der Waals surface area contributed by atoms with Crippen LogP contribution in [0.2, 0.25) is 5.02 Å². The van der Waals surface area contributed by atoms with E-state index in [9.17, 15) is 13.6 Å². The van der Waals surface area contributed by atoms with Crippen LogP contribution in [0.3, 0.4) is 0 Å². The molecule has 1 atom stereocenters. The van der Waals surface area contributed by atoms with Crippen molar-refractivity contribution in [2.75, 3.05) is 22.1 Å². The minimum atomic E-state index is -0.478. The number of aryl methyl sites for hydroxylation is 1. The molecule has 2 N–H and O–H groups in total. The second kappa shape index (κ2) is 8.90. The lowest BCUT2D eigenvalue weighted by molar-refractivity contribution is 0.262. The maximum Gasteiger partial charge on any atom is 0.324 e. The van der Waals surface area contributed by atoms with E-state index in [2.05, 4.69) is 20.7 Å². The molecule has 1 saturated heterocycles. The Kier molecular flexibility index (Phi) is 5.79. The molecular weight excluding hydrogens is 462 g/mol. The number of carbonyl (C=O) groups excluding carboxylic acids is 1. The molecule has 0 saturated carbocycles. The van der Waals surface area contributed by atoms with Crippen molar-refractivity contribution in [2.45, 2.75) is 25.8 Å². The van der Waals surface area contributed by atoms with Crippen LogP contribution in [0.1, 0.15) is 30.0 Å². The Hall–Kier alpha value is -3.72. The van der Waals surface area contributed by atoms with E-state index >= 15 is 0 Å². The summed E-state index contributed by atoms with van der Waals surface area (Å²) in [5.41, 5.74) is 2.31. The van der Waals surface area contributed by atoms with Crippen molar-refractivity contribution in [3.05, 3.63) is 82.5 Å². The minimum Gasteiger partial charge on any atom is -0.348 e. The summed E-state index contributed by atoms with van der Waals surface area (Å²) < 4.78 is 29.8. The number of carbonyl (C=O) groups is 1. The molecule has 5 rings (SSSR count). The van der Waals surface area contributed by atoms with Gasteiger partial charge in [0.15, 0.2) is 11.5 Å². The molecule has 1 aliphatic heterocycles.